The second-order valence-corrected chi connectivity index (χ2v) is 11.3. The number of H-pyrrole nitrogens is 1. The quantitative estimate of drug-likeness (QED) is 0.177. The van der Waals surface area contributed by atoms with E-state index in [0.29, 0.717) is 34.6 Å². The summed E-state index contributed by atoms with van der Waals surface area (Å²) >= 11 is 6.47. The smallest absolute Gasteiger partial charge is 0.337 e. The van der Waals surface area contributed by atoms with Gasteiger partial charge in [0.05, 0.1) is 12.7 Å². The molecule has 1 aliphatic rings. The van der Waals surface area contributed by atoms with Crippen LogP contribution in [0.5, 0.6) is 0 Å². The van der Waals surface area contributed by atoms with Crippen LogP contribution >= 0.6 is 24.0 Å². The van der Waals surface area contributed by atoms with Crippen molar-refractivity contribution < 1.29 is 19.1 Å². The number of amides is 2. The predicted octanol–water partition coefficient (Wildman–Crippen LogP) is 4.83. The molecule has 0 aliphatic heterocycles. The maximum absolute atomic E-state index is 13.6. The number of nitrogens with zero attached hydrogens (tertiary/aromatic N) is 3. The molecular formula is C32H35Cl2N7O4. The van der Waals surface area contributed by atoms with Gasteiger partial charge in [0.15, 0.2) is 0 Å². The van der Waals surface area contributed by atoms with E-state index in [0.717, 1.165) is 47.9 Å². The summed E-state index contributed by atoms with van der Waals surface area (Å²) in [5.74, 6) is -0.178. The third-order valence-corrected chi connectivity index (χ3v) is 8.35. The van der Waals surface area contributed by atoms with Crippen LogP contribution in [0.2, 0.25) is 5.02 Å². The standard InChI is InChI=1S/C32H34ClN7O4.ClH/c1-44-32(43)24-12-15-26(27(33)17-24)21-6-2-19(3-7-21)16-28(36-30(41)23-8-4-20(18-34)5-9-23)31(42)35-25-13-10-22(11-14-25)29-37-39-40-38-29;/h2-3,6-7,10-15,17,20,23,28H,4-5,8-9,16,18,34H2,1H3,(H,35,42)(H,36,41)(H,37,38,39,40);1H/t20?,23?,28-;/m0./s1. The number of ether oxygens (including phenoxy) is 1. The molecule has 1 heterocycles. The minimum absolute atomic E-state index is 0. The van der Waals surface area contributed by atoms with E-state index in [9.17, 15) is 14.4 Å². The lowest BCUT2D eigenvalue weighted by Gasteiger charge is -2.28. The molecule has 11 nitrogen and oxygen atoms in total. The molecule has 13 heteroatoms. The number of benzene rings is 3. The van der Waals surface area contributed by atoms with Gasteiger partial charge in [-0.1, -0.05) is 41.9 Å². The Kier molecular flexibility index (Phi) is 11.6. The first-order chi connectivity index (χ1) is 21.3. The lowest BCUT2D eigenvalue weighted by molar-refractivity contribution is -0.130. The zero-order valence-electron chi connectivity index (χ0n) is 24.7. The zero-order valence-corrected chi connectivity index (χ0v) is 26.2. The molecule has 0 bridgehead atoms. The molecule has 0 unspecified atom stereocenters. The lowest BCUT2D eigenvalue weighted by Crippen LogP contribution is -2.48. The predicted molar refractivity (Wildman–Crippen MR) is 174 cm³/mol. The van der Waals surface area contributed by atoms with Gasteiger partial charge in [-0.15, -0.1) is 22.6 Å². The monoisotopic (exact) mass is 651 g/mol. The molecule has 3 aromatic carbocycles. The fourth-order valence-corrected chi connectivity index (χ4v) is 5.72. The fourth-order valence-electron chi connectivity index (χ4n) is 5.43. The van der Waals surface area contributed by atoms with Gasteiger partial charge in [-0.2, -0.15) is 5.21 Å². The van der Waals surface area contributed by atoms with Crippen LogP contribution in [-0.4, -0.2) is 58.1 Å². The van der Waals surface area contributed by atoms with Crippen molar-refractivity contribution in [3.8, 4) is 22.5 Å². The molecule has 1 saturated carbocycles. The minimum Gasteiger partial charge on any atom is -0.465 e. The first-order valence-electron chi connectivity index (χ1n) is 14.5. The number of rotatable bonds is 10. The number of aromatic amines is 1. The number of hydrogen-bond donors (Lipinski definition) is 4. The molecule has 1 fully saturated rings. The molecule has 5 N–H and O–H groups in total. The van der Waals surface area contributed by atoms with E-state index >= 15 is 0 Å². The Hall–Kier alpha value is -4.32. The van der Waals surface area contributed by atoms with Crippen LogP contribution in [0.25, 0.3) is 22.5 Å². The number of carbonyl (C=O) groups is 3. The van der Waals surface area contributed by atoms with Gasteiger partial charge >= 0.3 is 5.97 Å². The largest absolute Gasteiger partial charge is 0.465 e. The summed E-state index contributed by atoms with van der Waals surface area (Å²) in [5, 5.41) is 20.3. The van der Waals surface area contributed by atoms with E-state index < -0.39 is 12.0 Å². The average Bonchev–Trinajstić information content (AvgIpc) is 3.60. The highest BCUT2D eigenvalue weighted by Crippen LogP contribution is 2.30. The number of aromatic nitrogens is 4. The minimum atomic E-state index is -0.805. The van der Waals surface area contributed by atoms with Crippen molar-refractivity contribution in [2.24, 2.45) is 17.6 Å². The Morgan fingerprint density at radius 1 is 1.00 bits per heavy atom. The molecule has 4 aromatic rings. The number of halogens is 2. The van der Waals surface area contributed by atoms with Gasteiger partial charge < -0.3 is 21.1 Å². The normalized spacial score (nSPS) is 16.6. The molecule has 0 saturated heterocycles. The van der Waals surface area contributed by atoms with Gasteiger partial charge in [0.2, 0.25) is 17.6 Å². The van der Waals surface area contributed by atoms with E-state index in [4.69, 9.17) is 22.1 Å². The highest BCUT2D eigenvalue weighted by molar-refractivity contribution is 6.33. The molecule has 1 aliphatic carbocycles. The van der Waals surface area contributed by atoms with Gasteiger partial charge in [0.25, 0.3) is 0 Å². The summed E-state index contributed by atoms with van der Waals surface area (Å²) in [6.07, 6.45) is 3.60. The van der Waals surface area contributed by atoms with Crippen molar-refractivity contribution >= 4 is 47.5 Å². The lowest BCUT2D eigenvalue weighted by atomic mass is 9.81. The van der Waals surface area contributed by atoms with Gasteiger partial charge in [0, 0.05) is 34.2 Å². The van der Waals surface area contributed by atoms with E-state index in [1.165, 1.54) is 7.11 Å². The molecule has 0 radical (unpaired) electrons. The number of esters is 1. The van der Waals surface area contributed by atoms with E-state index in [2.05, 4.69) is 31.3 Å². The van der Waals surface area contributed by atoms with Crippen molar-refractivity contribution in [3.63, 3.8) is 0 Å². The Labute approximate surface area is 272 Å². The Bertz CT molecular complexity index is 1590. The summed E-state index contributed by atoms with van der Waals surface area (Å²) in [6.45, 7) is 0.627. The van der Waals surface area contributed by atoms with Crippen molar-refractivity contribution in [1.29, 1.82) is 0 Å². The summed E-state index contributed by atoms with van der Waals surface area (Å²) in [7, 11) is 1.32. The third-order valence-electron chi connectivity index (χ3n) is 8.03. The van der Waals surface area contributed by atoms with Crippen molar-refractivity contribution in [2.75, 3.05) is 19.0 Å². The molecule has 2 amide bonds. The van der Waals surface area contributed by atoms with Gasteiger partial charge in [-0.05, 0) is 90.9 Å². The number of hydrogen-bond acceptors (Lipinski definition) is 8. The first kappa shape index (κ1) is 33.6. The molecule has 1 aromatic heterocycles. The molecule has 0 spiro atoms. The summed E-state index contributed by atoms with van der Waals surface area (Å²) < 4.78 is 4.77. The number of carbonyl (C=O) groups excluding carboxylic acids is 3. The molecular weight excluding hydrogens is 617 g/mol. The second kappa shape index (κ2) is 15.6. The Morgan fingerprint density at radius 2 is 1.69 bits per heavy atom. The number of nitrogens with two attached hydrogens (primary N) is 1. The summed E-state index contributed by atoms with van der Waals surface area (Å²) in [4.78, 5) is 38.7. The van der Waals surface area contributed by atoms with Gasteiger partial charge in [-0.25, -0.2) is 4.79 Å². The second-order valence-electron chi connectivity index (χ2n) is 10.9. The van der Waals surface area contributed by atoms with Crippen LogP contribution in [0, 0.1) is 11.8 Å². The Morgan fingerprint density at radius 3 is 2.29 bits per heavy atom. The molecule has 5 rings (SSSR count). The fraction of sp³-hybridized carbons (Fsp3) is 0.312. The number of tetrazole rings is 1. The van der Waals surface area contributed by atoms with Crippen LogP contribution in [0.1, 0.15) is 41.6 Å². The van der Waals surface area contributed by atoms with Crippen LogP contribution in [0.15, 0.2) is 66.7 Å². The number of methoxy groups -OCH3 is 1. The third kappa shape index (κ3) is 8.44. The van der Waals surface area contributed by atoms with Crippen molar-refractivity contribution in [2.45, 2.75) is 38.1 Å². The van der Waals surface area contributed by atoms with E-state index in [1.807, 2.05) is 24.3 Å². The van der Waals surface area contributed by atoms with Crippen LogP contribution in [0.3, 0.4) is 0 Å². The van der Waals surface area contributed by atoms with Gasteiger partial charge in [0.1, 0.15) is 6.04 Å². The highest BCUT2D eigenvalue weighted by atomic mass is 35.5. The maximum atomic E-state index is 13.6. The SMILES string of the molecule is COC(=O)c1ccc(-c2ccc(C[C@H](NC(=O)C3CCC(CN)CC3)C(=O)Nc3ccc(-c4nn[nH]n4)cc3)cc2)c(Cl)c1.Cl. The Balaban J connectivity index is 0.00000461. The van der Waals surface area contributed by atoms with E-state index in [-0.39, 0.29) is 36.6 Å². The zero-order chi connectivity index (χ0) is 31.1. The molecule has 1 atom stereocenters. The molecule has 236 valence electrons. The van der Waals surface area contributed by atoms with Crippen LogP contribution in [0.4, 0.5) is 5.69 Å². The van der Waals surface area contributed by atoms with E-state index in [1.54, 1.807) is 42.5 Å². The first-order valence-corrected chi connectivity index (χ1v) is 14.8. The molecule has 45 heavy (non-hydrogen) atoms. The van der Waals surface area contributed by atoms with Crippen LogP contribution < -0.4 is 16.4 Å². The topological polar surface area (TPSA) is 165 Å². The summed E-state index contributed by atoms with van der Waals surface area (Å²) in [5.41, 5.74) is 9.97. The summed E-state index contributed by atoms with van der Waals surface area (Å²) in [6, 6.07) is 18.9. The van der Waals surface area contributed by atoms with Gasteiger partial charge in [-0.3, -0.25) is 9.59 Å². The maximum Gasteiger partial charge on any atom is 0.337 e. The van der Waals surface area contributed by atoms with Crippen molar-refractivity contribution in [1.82, 2.24) is 25.9 Å². The highest BCUT2D eigenvalue weighted by Gasteiger charge is 2.29. The average molecular weight is 653 g/mol. The number of anilines is 1. The van der Waals surface area contributed by atoms with Crippen molar-refractivity contribution in [3.05, 3.63) is 82.9 Å². The van der Waals surface area contributed by atoms with Crippen LogP contribution in [-0.2, 0) is 20.7 Å². The number of nitrogens with one attached hydrogen (secondary N) is 3.